The molecule has 5 nitrogen and oxygen atoms in total. The molecular formula is C14H25N5. The molecule has 0 aliphatic carbocycles. The van der Waals surface area contributed by atoms with Crippen molar-refractivity contribution in [2.75, 3.05) is 5.73 Å². The Bertz CT molecular complexity index is 538. The van der Waals surface area contributed by atoms with Crippen LogP contribution in [0.5, 0.6) is 0 Å². The van der Waals surface area contributed by atoms with E-state index in [4.69, 9.17) is 5.73 Å². The van der Waals surface area contributed by atoms with Crippen LogP contribution in [0.25, 0.3) is 11.2 Å². The van der Waals surface area contributed by atoms with E-state index in [2.05, 4.69) is 28.5 Å². The van der Waals surface area contributed by atoms with Gasteiger partial charge in [0.25, 0.3) is 0 Å². The molecule has 0 aromatic carbocycles. The molecule has 2 heterocycles. The smallest absolute Gasteiger partial charge is 0.202 e. The SMILES string of the molecule is CCCCCCn1c(N)nc2c(CCC)nn(C)c21. The van der Waals surface area contributed by atoms with E-state index in [0.29, 0.717) is 5.95 Å². The van der Waals surface area contributed by atoms with Crippen LogP contribution in [0, 0.1) is 0 Å². The minimum atomic E-state index is 0.622. The molecule has 2 aromatic heterocycles. The number of rotatable bonds is 7. The Hall–Kier alpha value is -1.52. The highest BCUT2D eigenvalue weighted by Gasteiger charge is 2.16. The zero-order valence-corrected chi connectivity index (χ0v) is 12.3. The molecule has 0 fully saturated rings. The van der Waals surface area contributed by atoms with Crippen LogP contribution in [0.15, 0.2) is 0 Å². The summed E-state index contributed by atoms with van der Waals surface area (Å²) in [7, 11) is 1.98. The van der Waals surface area contributed by atoms with Crippen molar-refractivity contribution in [2.24, 2.45) is 7.05 Å². The van der Waals surface area contributed by atoms with Crippen molar-refractivity contribution in [1.29, 1.82) is 0 Å². The molecule has 0 amide bonds. The van der Waals surface area contributed by atoms with E-state index >= 15 is 0 Å². The molecule has 0 saturated carbocycles. The normalized spacial score (nSPS) is 11.5. The van der Waals surface area contributed by atoms with Gasteiger partial charge in [-0.3, -0.25) is 9.25 Å². The zero-order chi connectivity index (χ0) is 13.8. The summed E-state index contributed by atoms with van der Waals surface area (Å²) >= 11 is 0. The number of nitrogen functional groups attached to an aromatic ring is 1. The van der Waals surface area contributed by atoms with E-state index in [9.17, 15) is 0 Å². The summed E-state index contributed by atoms with van der Waals surface area (Å²) in [5.74, 6) is 0.622. The van der Waals surface area contributed by atoms with Crippen molar-refractivity contribution in [3.8, 4) is 0 Å². The quantitative estimate of drug-likeness (QED) is 0.781. The number of aryl methyl sites for hydroxylation is 3. The fraction of sp³-hybridized carbons (Fsp3) is 0.714. The van der Waals surface area contributed by atoms with Crippen LogP contribution in [0.1, 0.15) is 51.6 Å². The highest BCUT2D eigenvalue weighted by molar-refractivity contribution is 5.77. The number of nitrogens with two attached hydrogens (primary N) is 1. The van der Waals surface area contributed by atoms with Gasteiger partial charge in [0.15, 0.2) is 5.65 Å². The first-order valence-electron chi connectivity index (χ1n) is 7.36. The fourth-order valence-corrected chi connectivity index (χ4v) is 2.58. The molecule has 0 aliphatic rings. The van der Waals surface area contributed by atoms with Gasteiger partial charge in [-0.15, -0.1) is 0 Å². The number of anilines is 1. The van der Waals surface area contributed by atoms with Crippen LogP contribution in [-0.4, -0.2) is 19.3 Å². The van der Waals surface area contributed by atoms with Crippen molar-refractivity contribution in [2.45, 2.75) is 58.9 Å². The monoisotopic (exact) mass is 263 g/mol. The van der Waals surface area contributed by atoms with Crippen LogP contribution in [0.3, 0.4) is 0 Å². The molecule has 0 spiro atoms. The molecule has 0 saturated heterocycles. The number of nitrogens with zero attached hydrogens (tertiary/aromatic N) is 4. The van der Waals surface area contributed by atoms with Crippen molar-refractivity contribution in [3.63, 3.8) is 0 Å². The predicted octanol–water partition coefficient (Wildman–Crippen LogP) is 2.88. The molecule has 19 heavy (non-hydrogen) atoms. The molecular weight excluding hydrogens is 238 g/mol. The van der Waals surface area contributed by atoms with Crippen molar-refractivity contribution in [1.82, 2.24) is 19.3 Å². The van der Waals surface area contributed by atoms with Crippen LogP contribution in [0.2, 0.25) is 0 Å². The second-order valence-electron chi connectivity index (χ2n) is 5.17. The maximum Gasteiger partial charge on any atom is 0.202 e. The maximum absolute atomic E-state index is 6.06. The minimum absolute atomic E-state index is 0.622. The first kappa shape index (κ1) is 13.9. The molecule has 2 aromatic rings. The highest BCUT2D eigenvalue weighted by atomic mass is 15.3. The number of hydrogen-bond acceptors (Lipinski definition) is 3. The van der Waals surface area contributed by atoms with E-state index in [1.807, 2.05) is 11.7 Å². The molecule has 0 aliphatic heterocycles. The van der Waals surface area contributed by atoms with Crippen molar-refractivity contribution < 1.29 is 0 Å². The third-order valence-electron chi connectivity index (χ3n) is 3.54. The van der Waals surface area contributed by atoms with Gasteiger partial charge in [0.05, 0.1) is 5.69 Å². The number of unbranched alkanes of at least 4 members (excludes halogenated alkanes) is 3. The van der Waals surface area contributed by atoms with E-state index in [1.54, 1.807) is 0 Å². The minimum Gasteiger partial charge on any atom is -0.369 e. The molecule has 0 radical (unpaired) electrons. The van der Waals surface area contributed by atoms with Gasteiger partial charge in [-0.05, 0) is 12.8 Å². The lowest BCUT2D eigenvalue weighted by molar-refractivity contribution is 0.585. The van der Waals surface area contributed by atoms with Crippen molar-refractivity contribution >= 4 is 17.1 Å². The van der Waals surface area contributed by atoms with Gasteiger partial charge in [0.2, 0.25) is 5.95 Å². The van der Waals surface area contributed by atoms with Gasteiger partial charge < -0.3 is 5.73 Å². The number of hydrogen-bond donors (Lipinski definition) is 1. The van der Waals surface area contributed by atoms with Gasteiger partial charge in [0.1, 0.15) is 5.52 Å². The summed E-state index contributed by atoms with van der Waals surface area (Å²) in [6.45, 7) is 5.32. The van der Waals surface area contributed by atoms with Gasteiger partial charge in [-0.2, -0.15) is 5.10 Å². The van der Waals surface area contributed by atoms with Crippen LogP contribution in [-0.2, 0) is 20.0 Å². The predicted molar refractivity (Wildman–Crippen MR) is 79.0 cm³/mol. The first-order chi connectivity index (χ1) is 9.19. The summed E-state index contributed by atoms with van der Waals surface area (Å²) in [5, 5.41) is 4.56. The molecule has 0 atom stereocenters. The average Bonchev–Trinajstić information content (AvgIpc) is 2.85. The van der Waals surface area contributed by atoms with Gasteiger partial charge >= 0.3 is 0 Å². The molecule has 5 heteroatoms. The molecule has 106 valence electrons. The Kier molecular flexibility index (Phi) is 4.45. The Morgan fingerprint density at radius 1 is 1.11 bits per heavy atom. The zero-order valence-electron chi connectivity index (χ0n) is 12.3. The van der Waals surface area contributed by atoms with E-state index in [-0.39, 0.29) is 0 Å². The van der Waals surface area contributed by atoms with Crippen LogP contribution < -0.4 is 5.73 Å². The fourth-order valence-electron chi connectivity index (χ4n) is 2.58. The molecule has 2 N–H and O–H groups in total. The molecule has 0 unspecified atom stereocenters. The Morgan fingerprint density at radius 2 is 1.89 bits per heavy atom. The van der Waals surface area contributed by atoms with Crippen LogP contribution in [0.4, 0.5) is 5.95 Å². The summed E-state index contributed by atoms with van der Waals surface area (Å²) in [4.78, 5) is 4.51. The van der Waals surface area contributed by atoms with E-state index in [1.165, 1.54) is 19.3 Å². The van der Waals surface area contributed by atoms with Gasteiger partial charge in [-0.25, -0.2) is 4.98 Å². The summed E-state index contributed by atoms with van der Waals surface area (Å²) in [5.41, 5.74) is 9.18. The summed E-state index contributed by atoms with van der Waals surface area (Å²) < 4.78 is 4.03. The lowest BCUT2D eigenvalue weighted by Gasteiger charge is -2.06. The lowest BCUT2D eigenvalue weighted by atomic mass is 10.2. The molecule has 0 bridgehead atoms. The maximum atomic E-state index is 6.06. The van der Waals surface area contributed by atoms with E-state index in [0.717, 1.165) is 42.7 Å². The highest BCUT2D eigenvalue weighted by Crippen LogP contribution is 2.22. The summed E-state index contributed by atoms with van der Waals surface area (Å²) in [6, 6.07) is 0. The largest absolute Gasteiger partial charge is 0.369 e. The second-order valence-corrected chi connectivity index (χ2v) is 5.17. The topological polar surface area (TPSA) is 61.7 Å². The third kappa shape index (κ3) is 2.74. The average molecular weight is 263 g/mol. The van der Waals surface area contributed by atoms with Gasteiger partial charge in [-0.1, -0.05) is 39.5 Å². The molecule has 2 rings (SSSR count). The Balaban J connectivity index is 2.25. The Morgan fingerprint density at radius 3 is 2.58 bits per heavy atom. The van der Waals surface area contributed by atoms with Gasteiger partial charge in [0, 0.05) is 13.6 Å². The van der Waals surface area contributed by atoms with Crippen molar-refractivity contribution in [3.05, 3.63) is 5.69 Å². The van der Waals surface area contributed by atoms with Crippen LogP contribution >= 0.6 is 0 Å². The Labute approximate surface area is 114 Å². The standard InChI is InChI=1S/C14H25N5/c1-4-6-7-8-10-19-13-12(16-14(19)15)11(9-5-2)17-18(13)3/h4-10H2,1-3H3,(H2,15,16). The lowest BCUT2D eigenvalue weighted by Crippen LogP contribution is -2.07. The first-order valence-corrected chi connectivity index (χ1v) is 7.36. The third-order valence-corrected chi connectivity index (χ3v) is 3.54. The number of aromatic nitrogens is 4. The number of fused-ring (bicyclic) bond motifs is 1. The second kappa shape index (κ2) is 6.08. The number of imidazole rings is 1. The summed E-state index contributed by atoms with van der Waals surface area (Å²) in [6.07, 6.45) is 6.97. The van der Waals surface area contributed by atoms with E-state index < -0.39 is 0 Å².